The van der Waals surface area contributed by atoms with Crippen molar-refractivity contribution in [3.05, 3.63) is 23.8 Å². The second kappa shape index (κ2) is 5.76. The van der Waals surface area contributed by atoms with Gasteiger partial charge in [0.2, 0.25) is 0 Å². The minimum absolute atomic E-state index is 0.132. The summed E-state index contributed by atoms with van der Waals surface area (Å²) in [5.41, 5.74) is 0.684. The van der Waals surface area contributed by atoms with Crippen LogP contribution >= 0.6 is 0 Å². The zero-order chi connectivity index (χ0) is 13.8. The highest BCUT2D eigenvalue weighted by Crippen LogP contribution is 2.37. The molecular weight excluding hydrogens is 232 g/mol. The molecule has 1 aromatic rings. The fourth-order valence-electron chi connectivity index (χ4n) is 1.90. The Balaban J connectivity index is 3.07. The predicted molar refractivity (Wildman–Crippen MR) is 69.4 cm³/mol. The van der Waals surface area contributed by atoms with Crippen LogP contribution in [0.3, 0.4) is 0 Å². The van der Waals surface area contributed by atoms with Gasteiger partial charge in [-0.05, 0) is 30.0 Å². The molecule has 1 rings (SSSR count). The van der Waals surface area contributed by atoms with Gasteiger partial charge >= 0.3 is 5.97 Å². The van der Waals surface area contributed by atoms with E-state index in [0.29, 0.717) is 6.42 Å². The van der Waals surface area contributed by atoms with Crippen LogP contribution in [0.4, 0.5) is 0 Å². The standard InChI is InChI=1S/C14H20O4/c1-14(2,8-7-13(15)16)11-9-10(17-3)5-6-12(11)18-4/h5-6,9H,7-8H2,1-4H3,(H,15,16). The molecule has 0 aliphatic rings. The number of carboxylic acid groups (broad SMARTS) is 1. The number of hydrogen-bond donors (Lipinski definition) is 1. The van der Waals surface area contributed by atoms with Gasteiger partial charge in [0.1, 0.15) is 11.5 Å². The topological polar surface area (TPSA) is 55.8 Å². The van der Waals surface area contributed by atoms with E-state index in [1.807, 2.05) is 32.0 Å². The summed E-state index contributed by atoms with van der Waals surface area (Å²) in [6.45, 7) is 4.01. The lowest BCUT2D eigenvalue weighted by atomic mass is 9.80. The zero-order valence-corrected chi connectivity index (χ0v) is 11.3. The minimum Gasteiger partial charge on any atom is -0.497 e. The molecule has 0 saturated carbocycles. The van der Waals surface area contributed by atoms with Crippen LogP contribution < -0.4 is 9.47 Å². The number of ether oxygens (including phenoxy) is 2. The fourth-order valence-corrected chi connectivity index (χ4v) is 1.90. The van der Waals surface area contributed by atoms with Crippen molar-refractivity contribution >= 4 is 5.97 Å². The van der Waals surface area contributed by atoms with Crippen LogP contribution in [0.1, 0.15) is 32.3 Å². The summed E-state index contributed by atoms with van der Waals surface area (Å²) in [6.07, 6.45) is 0.680. The van der Waals surface area contributed by atoms with Crippen LogP contribution in [-0.2, 0) is 10.2 Å². The summed E-state index contributed by atoms with van der Waals surface area (Å²) in [5, 5.41) is 8.80. The van der Waals surface area contributed by atoms with E-state index in [4.69, 9.17) is 14.6 Å². The normalized spacial score (nSPS) is 11.1. The lowest BCUT2D eigenvalue weighted by Gasteiger charge is -2.27. The molecule has 0 saturated heterocycles. The van der Waals surface area contributed by atoms with Crippen molar-refractivity contribution in [2.75, 3.05) is 14.2 Å². The number of rotatable bonds is 6. The molecule has 0 bridgehead atoms. The van der Waals surface area contributed by atoms with Crippen molar-refractivity contribution in [3.8, 4) is 11.5 Å². The molecule has 1 N–H and O–H groups in total. The first-order chi connectivity index (χ1) is 8.40. The van der Waals surface area contributed by atoms with E-state index in [-0.39, 0.29) is 11.8 Å². The smallest absolute Gasteiger partial charge is 0.303 e. The molecule has 0 radical (unpaired) electrons. The summed E-state index contributed by atoms with van der Waals surface area (Å²) in [7, 11) is 3.22. The van der Waals surface area contributed by atoms with Gasteiger partial charge in [-0.2, -0.15) is 0 Å². The van der Waals surface area contributed by atoms with Gasteiger partial charge in [-0.25, -0.2) is 0 Å². The highest BCUT2D eigenvalue weighted by Gasteiger charge is 2.25. The maximum atomic E-state index is 10.7. The third-order valence-electron chi connectivity index (χ3n) is 3.10. The Morgan fingerprint density at radius 3 is 2.44 bits per heavy atom. The molecular formula is C14H20O4. The van der Waals surface area contributed by atoms with E-state index >= 15 is 0 Å². The van der Waals surface area contributed by atoms with E-state index in [2.05, 4.69) is 0 Å². The van der Waals surface area contributed by atoms with Crippen molar-refractivity contribution in [2.45, 2.75) is 32.1 Å². The molecule has 4 heteroatoms. The van der Waals surface area contributed by atoms with Crippen molar-refractivity contribution in [1.82, 2.24) is 0 Å². The van der Waals surface area contributed by atoms with E-state index in [1.165, 1.54) is 0 Å². The molecule has 1 aromatic carbocycles. The molecule has 0 aliphatic heterocycles. The van der Waals surface area contributed by atoms with Gasteiger partial charge in [0.05, 0.1) is 14.2 Å². The lowest BCUT2D eigenvalue weighted by Crippen LogP contribution is -2.19. The molecule has 100 valence electrons. The number of aliphatic carboxylic acids is 1. The molecule has 0 aromatic heterocycles. The molecule has 0 spiro atoms. The number of carboxylic acids is 1. The van der Waals surface area contributed by atoms with Gasteiger partial charge < -0.3 is 14.6 Å². The predicted octanol–water partition coefficient (Wildman–Crippen LogP) is 2.85. The molecule has 4 nitrogen and oxygen atoms in total. The average Bonchev–Trinajstić information content (AvgIpc) is 2.35. The zero-order valence-electron chi connectivity index (χ0n) is 11.3. The molecule has 18 heavy (non-hydrogen) atoms. The van der Waals surface area contributed by atoms with E-state index in [9.17, 15) is 4.79 Å². The monoisotopic (exact) mass is 252 g/mol. The Kier molecular flexibility index (Phi) is 4.59. The molecule has 0 amide bonds. The molecule has 0 heterocycles. The summed E-state index contributed by atoms with van der Waals surface area (Å²) in [6, 6.07) is 5.58. The van der Waals surface area contributed by atoms with Crippen LogP contribution in [0.2, 0.25) is 0 Å². The summed E-state index contributed by atoms with van der Waals surface area (Å²) in [4.78, 5) is 10.7. The summed E-state index contributed by atoms with van der Waals surface area (Å²) >= 11 is 0. The lowest BCUT2D eigenvalue weighted by molar-refractivity contribution is -0.137. The van der Waals surface area contributed by atoms with Crippen molar-refractivity contribution < 1.29 is 19.4 Å². The SMILES string of the molecule is COc1ccc(OC)c(C(C)(C)CCC(=O)O)c1. The summed E-state index contributed by atoms with van der Waals surface area (Å²) < 4.78 is 10.5. The Morgan fingerprint density at radius 1 is 1.28 bits per heavy atom. The number of methoxy groups -OCH3 is 2. The second-order valence-electron chi connectivity index (χ2n) is 4.84. The van der Waals surface area contributed by atoms with Crippen molar-refractivity contribution in [3.63, 3.8) is 0 Å². The number of hydrogen-bond acceptors (Lipinski definition) is 3. The minimum atomic E-state index is -0.787. The third kappa shape index (κ3) is 3.39. The van der Waals surface area contributed by atoms with Crippen LogP contribution in [0.25, 0.3) is 0 Å². The van der Waals surface area contributed by atoms with Gasteiger partial charge in [0, 0.05) is 12.0 Å². The Morgan fingerprint density at radius 2 is 1.94 bits per heavy atom. The Bertz CT molecular complexity index is 424. The molecule has 0 atom stereocenters. The van der Waals surface area contributed by atoms with Gasteiger partial charge in [0.15, 0.2) is 0 Å². The highest BCUT2D eigenvalue weighted by molar-refractivity contribution is 5.67. The first-order valence-corrected chi connectivity index (χ1v) is 5.85. The Labute approximate surface area is 108 Å². The first-order valence-electron chi connectivity index (χ1n) is 5.85. The quantitative estimate of drug-likeness (QED) is 0.845. The highest BCUT2D eigenvalue weighted by atomic mass is 16.5. The maximum Gasteiger partial charge on any atom is 0.303 e. The van der Waals surface area contributed by atoms with Gasteiger partial charge in [-0.1, -0.05) is 13.8 Å². The number of benzene rings is 1. The van der Waals surface area contributed by atoms with E-state index in [0.717, 1.165) is 17.1 Å². The molecule has 0 aliphatic carbocycles. The largest absolute Gasteiger partial charge is 0.497 e. The summed E-state index contributed by atoms with van der Waals surface area (Å²) in [5.74, 6) is 0.713. The average molecular weight is 252 g/mol. The fraction of sp³-hybridized carbons (Fsp3) is 0.500. The van der Waals surface area contributed by atoms with Crippen LogP contribution in [0.15, 0.2) is 18.2 Å². The van der Waals surface area contributed by atoms with Gasteiger partial charge in [0.25, 0.3) is 0 Å². The second-order valence-corrected chi connectivity index (χ2v) is 4.84. The van der Waals surface area contributed by atoms with Crippen molar-refractivity contribution in [1.29, 1.82) is 0 Å². The number of carbonyl (C=O) groups is 1. The maximum absolute atomic E-state index is 10.7. The Hall–Kier alpha value is -1.71. The van der Waals surface area contributed by atoms with Crippen molar-refractivity contribution in [2.24, 2.45) is 0 Å². The van der Waals surface area contributed by atoms with Crippen LogP contribution in [0.5, 0.6) is 11.5 Å². The third-order valence-corrected chi connectivity index (χ3v) is 3.10. The van der Waals surface area contributed by atoms with Crippen LogP contribution in [-0.4, -0.2) is 25.3 Å². The molecule has 0 fully saturated rings. The van der Waals surface area contributed by atoms with Gasteiger partial charge in [-0.3, -0.25) is 4.79 Å². The first kappa shape index (κ1) is 14.4. The van der Waals surface area contributed by atoms with E-state index in [1.54, 1.807) is 14.2 Å². The van der Waals surface area contributed by atoms with Crippen LogP contribution in [0, 0.1) is 0 Å². The van der Waals surface area contributed by atoms with E-state index < -0.39 is 5.97 Å². The van der Waals surface area contributed by atoms with Gasteiger partial charge in [-0.15, -0.1) is 0 Å². The molecule has 0 unspecified atom stereocenters.